The van der Waals surface area contributed by atoms with Crippen LogP contribution in [-0.2, 0) is 11.2 Å². The maximum absolute atomic E-state index is 12.2. The average Bonchev–Trinajstić information content (AvgIpc) is 3.03. The van der Waals surface area contributed by atoms with Crippen molar-refractivity contribution in [2.45, 2.75) is 57.4 Å². The molecule has 140 valence electrons. The second-order valence-electron chi connectivity index (χ2n) is 8.77. The summed E-state index contributed by atoms with van der Waals surface area (Å²) in [6.45, 7) is 6.13. The molecule has 0 spiro atoms. The third-order valence-electron chi connectivity index (χ3n) is 7.87. The number of carbonyl (C=O) groups is 1. The lowest BCUT2D eigenvalue weighted by Gasteiger charge is -2.52. The van der Waals surface area contributed by atoms with E-state index in [2.05, 4.69) is 31.7 Å². The molecular formula is C23H31NO2. The van der Waals surface area contributed by atoms with Crippen molar-refractivity contribution in [2.24, 2.45) is 17.3 Å². The number of methoxy groups -OCH3 is 1. The maximum atomic E-state index is 12.2. The standard InChI is InChI=1S/C23H31NO2/c1-5-22(25)24(3)21-11-10-20-19-8-6-15-14-16(26-4)7-9-17(15)18(19)12-13-23(20,21)2/h5,7,9,14,18-21H,1,6,8,10-13H2,2-4H3/t18-,19-,20+,21?,23+/m1/s1. The zero-order chi connectivity index (χ0) is 18.5. The molecule has 1 aromatic rings. The largest absolute Gasteiger partial charge is 0.497 e. The van der Waals surface area contributed by atoms with Crippen LogP contribution in [0.3, 0.4) is 0 Å². The fraction of sp³-hybridized carbons (Fsp3) is 0.609. The van der Waals surface area contributed by atoms with E-state index in [4.69, 9.17) is 4.74 Å². The van der Waals surface area contributed by atoms with Crippen LogP contribution in [0.2, 0.25) is 0 Å². The molecule has 3 aliphatic carbocycles. The topological polar surface area (TPSA) is 29.5 Å². The third kappa shape index (κ3) is 2.51. The Labute approximate surface area is 157 Å². The molecular weight excluding hydrogens is 322 g/mol. The Bertz CT molecular complexity index is 727. The van der Waals surface area contributed by atoms with Crippen LogP contribution in [0.4, 0.5) is 0 Å². The van der Waals surface area contributed by atoms with Crippen molar-refractivity contribution in [1.29, 1.82) is 0 Å². The number of fused-ring (bicyclic) bond motifs is 5. The van der Waals surface area contributed by atoms with Crippen molar-refractivity contribution in [2.75, 3.05) is 14.2 Å². The Balaban J connectivity index is 1.61. The summed E-state index contributed by atoms with van der Waals surface area (Å²) in [6, 6.07) is 7.04. The van der Waals surface area contributed by atoms with Gasteiger partial charge in [0.25, 0.3) is 0 Å². The van der Waals surface area contributed by atoms with Gasteiger partial charge in [-0.2, -0.15) is 0 Å². The summed E-state index contributed by atoms with van der Waals surface area (Å²) in [7, 11) is 3.72. The highest BCUT2D eigenvalue weighted by Crippen LogP contribution is 2.61. The first kappa shape index (κ1) is 17.6. The Kier molecular flexibility index (Phi) is 4.37. The molecule has 0 aromatic heterocycles. The van der Waals surface area contributed by atoms with Crippen LogP contribution in [0.5, 0.6) is 5.75 Å². The van der Waals surface area contributed by atoms with Crippen LogP contribution in [0.25, 0.3) is 0 Å². The number of likely N-dealkylation sites (N-methyl/N-ethyl adjacent to an activating group) is 1. The monoisotopic (exact) mass is 353 g/mol. The molecule has 0 radical (unpaired) electrons. The molecule has 3 heteroatoms. The molecule has 1 unspecified atom stereocenters. The highest BCUT2D eigenvalue weighted by atomic mass is 16.5. The fourth-order valence-electron chi connectivity index (χ4n) is 6.59. The third-order valence-corrected chi connectivity index (χ3v) is 7.87. The Hall–Kier alpha value is -1.77. The SMILES string of the molecule is C=CC(=O)N(C)C1CC[C@H]2[C@@H]3CCc4cc(OC)ccc4[C@H]3CC[C@]12C. The quantitative estimate of drug-likeness (QED) is 0.745. The number of aryl methyl sites for hydroxylation is 1. The van der Waals surface area contributed by atoms with Crippen molar-refractivity contribution >= 4 is 5.91 Å². The minimum Gasteiger partial charge on any atom is -0.497 e. The number of amides is 1. The molecule has 0 saturated heterocycles. The van der Waals surface area contributed by atoms with Gasteiger partial charge in [-0.1, -0.05) is 19.6 Å². The van der Waals surface area contributed by atoms with Gasteiger partial charge >= 0.3 is 0 Å². The number of ether oxygens (including phenoxy) is 1. The number of hydrogen-bond donors (Lipinski definition) is 0. The van der Waals surface area contributed by atoms with Gasteiger partial charge in [0.1, 0.15) is 5.75 Å². The Morgan fingerprint density at radius 2 is 2.12 bits per heavy atom. The molecule has 2 saturated carbocycles. The van der Waals surface area contributed by atoms with Crippen LogP contribution < -0.4 is 4.74 Å². The van der Waals surface area contributed by atoms with Crippen LogP contribution in [0.1, 0.15) is 56.1 Å². The Morgan fingerprint density at radius 3 is 2.85 bits per heavy atom. The predicted octanol–water partition coefficient (Wildman–Crippen LogP) is 4.56. The van der Waals surface area contributed by atoms with Gasteiger partial charge in [0, 0.05) is 13.1 Å². The van der Waals surface area contributed by atoms with Crippen molar-refractivity contribution < 1.29 is 9.53 Å². The highest BCUT2D eigenvalue weighted by Gasteiger charge is 2.56. The normalized spacial score (nSPS) is 35.0. The van der Waals surface area contributed by atoms with Crippen LogP contribution in [0.15, 0.2) is 30.9 Å². The summed E-state index contributed by atoms with van der Waals surface area (Å²) in [6.07, 6.45) is 8.74. The maximum Gasteiger partial charge on any atom is 0.245 e. The zero-order valence-corrected chi connectivity index (χ0v) is 16.3. The van der Waals surface area contributed by atoms with Crippen molar-refractivity contribution in [3.8, 4) is 5.75 Å². The molecule has 0 N–H and O–H groups in total. The van der Waals surface area contributed by atoms with E-state index in [1.54, 1.807) is 12.7 Å². The molecule has 3 nitrogen and oxygen atoms in total. The molecule has 5 atom stereocenters. The van der Waals surface area contributed by atoms with E-state index in [9.17, 15) is 4.79 Å². The minimum atomic E-state index is 0.0695. The van der Waals surface area contributed by atoms with E-state index >= 15 is 0 Å². The second-order valence-corrected chi connectivity index (χ2v) is 8.77. The van der Waals surface area contributed by atoms with E-state index in [-0.39, 0.29) is 11.3 Å². The minimum absolute atomic E-state index is 0.0695. The van der Waals surface area contributed by atoms with E-state index in [0.29, 0.717) is 12.0 Å². The fourth-order valence-corrected chi connectivity index (χ4v) is 6.59. The average molecular weight is 354 g/mol. The first-order chi connectivity index (χ1) is 12.5. The van der Waals surface area contributed by atoms with Gasteiger partial charge in [-0.05, 0) is 91.0 Å². The molecule has 26 heavy (non-hydrogen) atoms. The van der Waals surface area contributed by atoms with Crippen molar-refractivity contribution in [3.63, 3.8) is 0 Å². The van der Waals surface area contributed by atoms with E-state index in [1.165, 1.54) is 37.3 Å². The number of carbonyl (C=O) groups excluding carboxylic acids is 1. The first-order valence-electron chi connectivity index (χ1n) is 10.1. The molecule has 3 aliphatic rings. The van der Waals surface area contributed by atoms with Gasteiger partial charge in [0.15, 0.2) is 0 Å². The van der Waals surface area contributed by atoms with Gasteiger partial charge in [-0.25, -0.2) is 0 Å². The molecule has 2 fully saturated rings. The molecule has 1 aromatic carbocycles. The van der Waals surface area contributed by atoms with Crippen LogP contribution in [-0.4, -0.2) is 31.0 Å². The van der Waals surface area contributed by atoms with E-state index < -0.39 is 0 Å². The number of benzene rings is 1. The molecule has 0 heterocycles. The highest BCUT2D eigenvalue weighted by molar-refractivity contribution is 5.87. The van der Waals surface area contributed by atoms with Crippen molar-refractivity contribution in [3.05, 3.63) is 42.0 Å². The lowest BCUT2D eigenvalue weighted by molar-refractivity contribution is -0.130. The van der Waals surface area contributed by atoms with Crippen LogP contribution in [0, 0.1) is 17.3 Å². The Morgan fingerprint density at radius 1 is 1.31 bits per heavy atom. The summed E-state index contributed by atoms with van der Waals surface area (Å²) >= 11 is 0. The van der Waals surface area contributed by atoms with E-state index in [1.807, 2.05) is 11.9 Å². The number of hydrogen-bond acceptors (Lipinski definition) is 2. The molecule has 0 aliphatic heterocycles. The van der Waals surface area contributed by atoms with Gasteiger partial charge in [0.2, 0.25) is 5.91 Å². The van der Waals surface area contributed by atoms with Crippen LogP contribution >= 0.6 is 0 Å². The molecule has 4 rings (SSSR count). The second kappa shape index (κ2) is 6.44. The summed E-state index contributed by atoms with van der Waals surface area (Å²) in [5.41, 5.74) is 3.30. The smallest absolute Gasteiger partial charge is 0.245 e. The summed E-state index contributed by atoms with van der Waals surface area (Å²) < 4.78 is 5.43. The number of rotatable bonds is 3. The first-order valence-corrected chi connectivity index (χ1v) is 10.1. The zero-order valence-electron chi connectivity index (χ0n) is 16.3. The molecule has 1 amide bonds. The summed E-state index contributed by atoms with van der Waals surface area (Å²) in [4.78, 5) is 14.2. The predicted molar refractivity (Wildman–Crippen MR) is 104 cm³/mol. The van der Waals surface area contributed by atoms with Gasteiger partial charge in [-0.15, -0.1) is 0 Å². The summed E-state index contributed by atoms with van der Waals surface area (Å²) in [5.74, 6) is 3.21. The van der Waals surface area contributed by atoms with Gasteiger partial charge < -0.3 is 9.64 Å². The lowest BCUT2D eigenvalue weighted by Crippen LogP contribution is -2.50. The van der Waals surface area contributed by atoms with Gasteiger partial charge in [-0.3, -0.25) is 4.79 Å². The molecule has 0 bridgehead atoms. The number of nitrogens with zero attached hydrogens (tertiary/aromatic N) is 1. The van der Waals surface area contributed by atoms with Crippen molar-refractivity contribution in [1.82, 2.24) is 4.90 Å². The van der Waals surface area contributed by atoms with Gasteiger partial charge in [0.05, 0.1) is 7.11 Å². The summed E-state index contributed by atoms with van der Waals surface area (Å²) in [5, 5.41) is 0. The lowest BCUT2D eigenvalue weighted by atomic mass is 9.55. The van der Waals surface area contributed by atoms with E-state index in [0.717, 1.165) is 30.4 Å².